The molecule has 0 aromatic heterocycles. The molecule has 1 aromatic carbocycles. The molecule has 1 saturated heterocycles. The van der Waals surface area contributed by atoms with E-state index >= 15 is 0 Å². The van der Waals surface area contributed by atoms with Gasteiger partial charge in [-0.15, -0.1) is 0 Å². The summed E-state index contributed by atoms with van der Waals surface area (Å²) >= 11 is 0. The number of rotatable bonds is 5. The van der Waals surface area contributed by atoms with Crippen LogP contribution in [0.3, 0.4) is 0 Å². The Morgan fingerprint density at radius 1 is 1.24 bits per heavy atom. The fourth-order valence-electron chi connectivity index (χ4n) is 3.70. The predicted molar refractivity (Wildman–Crippen MR) is 99.0 cm³/mol. The number of hydrogen-bond donors (Lipinski definition) is 1. The quantitative estimate of drug-likeness (QED) is 0.894. The summed E-state index contributed by atoms with van der Waals surface area (Å²) in [6, 6.07) is 7.57. The smallest absolute Gasteiger partial charge is 0.259 e. The maximum Gasteiger partial charge on any atom is 0.259 e. The minimum absolute atomic E-state index is 0.0402. The van der Waals surface area contributed by atoms with E-state index in [-0.39, 0.29) is 24.4 Å². The number of amides is 2. The summed E-state index contributed by atoms with van der Waals surface area (Å²) in [4.78, 5) is 28.8. The lowest BCUT2D eigenvalue weighted by Crippen LogP contribution is -2.47. The van der Waals surface area contributed by atoms with Crippen molar-refractivity contribution in [3.8, 4) is 0 Å². The highest BCUT2D eigenvalue weighted by Crippen LogP contribution is 2.30. The Labute approximate surface area is 149 Å². The molecular formula is C20H27N3O2. The summed E-state index contributed by atoms with van der Waals surface area (Å²) in [7, 11) is 0. The van der Waals surface area contributed by atoms with Gasteiger partial charge in [-0.05, 0) is 24.8 Å². The molecule has 2 amide bonds. The van der Waals surface area contributed by atoms with Gasteiger partial charge in [-0.1, -0.05) is 38.6 Å². The summed E-state index contributed by atoms with van der Waals surface area (Å²) in [5.41, 5.74) is 2.06. The van der Waals surface area contributed by atoms with Crippen LogP contribution in [0, 0.1) is 5.92 Å². The van der Waals surface area contributed by atoms with Gasteiger partial charge in [-0.2, -0.15) is 0 Å². The fourth-order valence-corrected chi connectivity index (χ4v) is 3.70. The molecule has 2 aliphatic rings. The standard InChI is InChI=1S/C20H27N3O2/c1-14(2)12-22-10-8-16(9-11-22)21-19(24)13-23-15(3)17-6-4-5-7-18(17)20(23)25/h4-7,14,16H,3,8-13H2,1-2H3,(H,21,24). The third-order valence-electron chi connectivity index (χ3n) is 4.92. The van der Waals surface area contributed by atoms with E-state index in [0.717, 1.165) is 38.0 Å². The van der Waals surface area contributed by atoms with Crippen LogP contribution in [0.2, 0.25) is 0 Å². The molecule has 1 fully saturated rings. The van der Waals surface area contributed by atoms with E-state index in [2.05, 4.69) is 30.6 Å². The average molecular weight is 341 g/mol. The first-order chi connectivity index (χ1) is 12.0. The van der Waals surface area contributed by atoms with E-state index in [1.165, 1.54) is 4.90 Å². The maximum absolute atomic E-state index is 12.5. The van der Waals surface area contributed by atoms with Crippen molar-refractivity contribution in [1.82, 2.24) is 15.1 Å². The van der Waals surface area contributed by atoms with Crippen LogP contribution >= 0.6 is 0 Å². The van der Waals surface area contributed by atoms with Crippen LogP contribution in [-0.4, -0.2) is 53.8 Å². The third kappa shape index (κ3) is 3.93. The molecule has 0 radical (unpaired) electrons. The monoisotopic (exact) mass is 341 g/mol. The first kappa shape index (κ1) is 17.7. The molecule has 0 unspecified atom stereocenters. The molecular weight excluding hydrogens is 314 g/mol. The van der Waals surface area contributed by atoms with E-state index in [4.69, 9.17) is 0 Å². The van der Waals surface area contributed by atoms with Crippen LogP contribution in [0.1, 0.15) is 42.6 Å². The molecule has 3 rings (SSSR count). The summed E-state index contributed by atoms with van der Waals surface area (Å²) in [6.45, 7) is 11.6. The Bertz CT molecular complexity index is 640. The van der Waals surface area contributed by atoms with Crippen molar-refractivity contribution < 1.29 is 9.59 Å². The Balaban J connectivity index is 1.51. The van der Waals surface area contributed by atoms with E-state index in [9.17, 15) is 9.59 Å². The first-order valence-electron chi connectivity index (χ1n) is 9.07. The molecule has 0 spiro atoms. The number of nitrogens with zero attached hydrogens (tertiary/aromatic N) is 2. The summed E-state index contributed by atoms with van der Waals surface area (Å²) in [5, 5.41) is 3.09. The van der Waals surface area contributed by atoms with Crippen molar-refractivity contribution in [2.75, 3.05) is 26.2 Å². The van der Waals surface area contributed by atoms with Gasteiger partial charge >= 0.3 is 0 Å². The molecule has 134 valence electrons. The van der Waals surface area contributed by atoms with Crippen LogP contribution in [-0.2, 0) is 4.79 Å². The number of fused-ring (bicyclic) bond motifs is 1. The second-order valence-electron chi connectivity index (χ2n) is 7.42. The third-order valence-corrected chi connectivity index (χ3v) is 4.92. The van der Waals surface area contributed by atoms with E-state index < -0.39 is 0 Å². The van der Waals surface area contributed by atoms with Crippen molar-refractivity contribution in [3.63, 3.8) is 0 Å². The largest absolute Gasteiger partial charge is 0.352 e. The lowest BCUT2D eigenvalue weighted by atomic mass is 10.0. The number of nitrogens with one attached hydrogen (secondary N) is 1. The highest BCUT2D eigenvalue weighted by Gasteiger charge is 2.32. The van der Waals surface area contributed by atoms with Crippen LogP contribution in [0.5, 0.6) is 0 Å². The number of carbonyl (C=O) groups excluding carboxylic acids is 2. The highest BCUT2D eigenvalue weighted by atomic mass is 16.2. The second kappa shape index (κ2) is 7.40. The SMILES string of the molecule is C=C1c2ccccc2C(=O)N1CC(=O)NC1CCN(CC(C)C)CC1. The topological polar surface area (TPSA) is 52.7 Å². The van der Waals surface area contributed by atoms with Crippen molar-refractivity contribution in [2.24, 2.45) is 5.92 Å². The van der Waals surface area contributed by atoms with E-state index in [1.807, 2.05) is 18.2 Å². The number of piperidine rings is 1. The predicted octanol–water partition coefficient (Wildman–Crippen LogP) is 2.35. The Morgan fingerprint density at radius 3 is 2.48 bits per heavy atom. The Morgan fingerprint density at radius 2 is 1.88 bits per heavy atom. The normalized spacial score (nSPS) is 18.8. The Kier molecular flexibility index (Phi) is 5.23. The van der Waals surface area contributed by atoms with Gasteiger partial charge in [-0.3, -0.25) is 14.5 Å². The number of benzene rings is 1. The van der Waals surface area contributed by atoms with Crippen LogP contribution < -0.4 is 5.32 Å². The fraction of sp³-hybridized carbons (Fsp3) is 0.500. The summed E-state index contributed by atoms with van der Waals surface area (Å²) in [5.74, 6) is 0.423. The van der Waals surface area contributed by atoms with Gasteiger partial charge in [0, 0.05) is 42.5 Å². The minimum atomic E-state index is -0.137. The molecule has 5 heteroatoms. The van der Waals surface area contributed by atoms with Crippen molar-refractivity contribution in [1.29, 1.82) is 0 Å². The lowest BCUT2D eigenvalue weighted by molar-refractivity contribution is -0.122. The van der Waals surface area contributed by atoms with Crippen LogP contribution in [0.15, 0.2) is 30.8 Å². The van der Waals surface area contributed by atoms with Gasteiger partial charge in [0.1, 0.15) is 6.54 Å². The Hall–Kier alpha value is -2.14. The van der Waals surface area contributed by atoms with Crippen molar-refractivity contribution in [2.45, 2.75) is 32.7 Å². The molecule has 0 aliphatic carbocycles. The molecule has 0 bridgehead atoms. The maximum atomic E-state index is 12.5. The van der Waals surface area contributed by atoms with Gasteiger partial charge in [0.2, 0.25) is 5.91 Å². The molecule has 2 aliphatic heterocycles. The van der Waals surface area contributed by atoms with Gasteiger partial charge in [0.05, 0.1) is 0 Å². The summed E-state index contributed by atoms with van der Waals surface area (Å²) < 4.78 is 0. The molecule has 0 atom stereocenters. The molecule has 1 aromatic rings. The van der Waals surface area contributed by atoms with Crippen LogP contribution in [0.4, 0.5) is 0 Å². The van der Waals surface area contributed by atoms with E-state index in [0.29, 0.717) is 17.2 Å². The first-order valence-corrected chi connectivity index (χ1v) is 9.07. The summed E-state index contributed by atoms with van der Waals surface area (Å²) in [6.07, 6.45) is 1.93. The molecule has 0 saturated carbocycles. The molecule has 25 heavy (non-hydrogen) atoms. The van der Waals surface area contributed by atoms with E-state index in [1.54, 1.807) is 6.07 Å². The van der Waals surface area contributed by atoms with Gasteiger partial charge < -0.3 is 10.2 Å². The zero-order chi connectivity index (χ0) is 18.0. The number of carbonyl (C=O) groups is 2. The molecule has 1 N–H and O–H groups in total. The molecule has 5 nitrogen and oxygen atoms in total. The second-order valence-corrected chi connectivity index (χ2v) is 7.42. The zero-order valence-electron chi connectivity index (χ0n) is 15.1. The van der Waals surface area contributed by atoms with Crippen molar-refractivity contribution >= 4 is 17.5 Å². The average Bonchev–Trinajstić information content (AvgIpc) is 2.82. The van der Waals surface area contributed by atoms with Gasteiger partial charge in [-0.25, -0.2) is 0 Å². The zero-order valence-corrected chi connectivity index (χ0v) is 15.1. The lowest BCUT2D eigenvalue weighted by Gasteiger charge is -2.33. The minimum Gasteiger partial charge on any atom is -0.352 e. The highest BCUT2D eigenvalue weighted by molar-refractivity contribution is 6.10. The number of hydrogen-bond acceptors (Lipinski definition) is 3. The van der Waals surface area contributed by atoms with Gasteiger partial charge in [0.25, 0.3) is 5.91 Å². The molecule has 2 heterocycles. The van der Waals surface area contributed by atoms with Crippen LogP contribution in [0.25, 0.3) is 5.70 Å². The number of likely N-dealkylation sites (tertiary alicyclic amines) is 1. The van der Waals surface area contributed by atoms with Crippen molar-refractivity contribution in [3.05, 3.63) is 42.0 Å². The van der Waals surface area contributed by atoms with Gasteiger partial charge in [0.15, 0.2) is 0 Å².